The maximum atomic E-state index is 12.9. The number of fused-ring (bicyclic) bond motifs is 3. The third-order valence-electron chi connectivity index (χ3n) is 4.85. The van der Waals surface area contributed by atoms with Crippen molar-refractivity contribution in [3.05, 3.63) is 34.5 Å². The second-order valence-corrected chi connectivity index (χ2v) is 7.26. The third kappa shape index (κ3) is 2.42. The van der Waals surface area contributed by atoms with Gasteiger partial charge in [-0.2, -0.15) is 13.2 Å². The predicted molar refractivity (Wildman–Crippen MR) is 77.6 cm³/mol. The molecule has 0 aromatic carbocycles. The lowest BCUT2D eigenvalue weighted by Crippen LogP contribution is -2.43. The highest BCUT2D eigenvalue weighted by atomic mass is 32.2. The maximum absolute atomic E-state index is 12.9. The summed E-state index contributed by atoms with van der Waals surface area (Å²) in [4.78, 5) is 5.38. The standard InChI is InChI=1S/C15H17F3N2S/c16-15(17,18)13-9-21-14-8-20(4-2-12(13)14)11-5-10-1-3-19(6-10)7-11/h2,4,8,10-11H,1,3,5-7,9H2/t10-,11-/m1/s1. The molecule has 4 heterocycles. The molecule has 0 amide bonds. The molecule has 1 unspecified atom stereocenters. The third-order valence-corrected chi connectivity index (χ3v) is 5.92. The monoisotopic (exact) mass is 314 g/mol. The van der Waals surface area contributed by atoms with Crippen molar-refractivity contribution in [3.8, 4) is 0 Å². The van der Waals surface area contributed by atoms with Gasteiger partial charge in [0.15, 0.2) is 0 Å². The van der Waals surface area contributed by atoms with E-state index in [0.29, 0.717) is 11.6 Å². The van der Waals surface area contributed by atoms with Gasteiger partial charge in [-0.3, -0.25) is 0 Å². The van der Waals surface area contributed by atoms with E-state index in [2.05, 4.69) is 9.80 Å². The minimum atomic E-state index is -4.21. The highest BCUT2D eigenvalue weighted by Gasteiger charge is 2.41. The maximum Gasteiger partial charge on any atom is 0.414 e. The Hall–Kier alpha value is -0.880. The average Bonchev–Trinajstić information content (AvgIpc) is 3.00. The van der Waals surface area contributed by atoms with Gasteiger partial charge < -0.3 is 9.80 Å². The van der Waals surface area contributed by atoms with Crippen LogP contribution in [0.3, 0.4) is 0 Å². The Bertz CT molecular complexity index is 538. The molecule has 0 saturated carbocycles. The molecule has 0 spiro atoms. The van der Waals surface area contributed by atoms with Crippen molar-refractivity contribution in [1.82, 2.24) is 9.80 Å². The first-order valence-electron chi connectivity index (χ1n) is 7.34. The summed E-state index contributed by atoms with van der Waals surface area (Å²) in [5.41, 5.74) is -0.00930. The van der Waals surface area contributed by atoms with Gasteiger partial charge in [0.05, 0.1) is 5.57 Å². The van der Waals surface area contributed by atoms with Gasteiger partial charge in [-0.15, -0.1) is 11.8 Å². The van der Waals surface area contributed by atoms with Crippen molar-refractivity contribution in [3.63, 3.8) is 0 Å². The molecule has 0 radical (unpaired) electrons. The molecular weight excluding hydrogens is 297 g/mol. The van der Waals surface area contributed by atoms with E-state index in [1.165, 1.54) is 31.3 Å². The van der Waals surface area contributed by atoms with Crippen molar-refractivity contribution in [1.29, 1.82) is 0 Å². The van der Waals surface area contributed by atoms with E-state index in [4.69, 9.17) is 0 Å². The van der Waals surface area contributed by atoms with Gasteiger partial charge in [-0.1, -0.05) is 0 Å². The van der Waals surface area contributed by atoms with Crippen LogP contribution in [0.5, 0.6) is 0 Å². The van der Waals surface area contributed by atoms with E-state index in [0.717, 1.165) is 23.8 Å². The normalized spacial score (nSPS) is 35.3. The van der Waals surface area contributed by atoms with Crippen molar-refractivity contribution < 1.29 is 13.2 Å². The molecule has 2 bridgehead atoms. The number of alkyl halides is 3. The number of nitrogens with zero attached hydrogens (tertiary/aromatic N) is 2. The molecule has 0 aromatic heterocycles. The van der Waals surface area contributed by atoms with E-state index in [9.17, 15) is 13.2 Å². The van der Waals surface area contributed by atoms with Gasteiger partial charge in [0.25, 0.3) is 0 Å². The van der Waals surface area contributed by atoms with Crippen molar-refractivity contribution >= 4 is 11.8 Å². The molecular formula is C15H17F3N2S. The van der Waals surface area contributed by atoms with E-state index in [1.807, 2.05) is 12.4 Å². The lowest BCUT2D eigenvalue weighted by Gasteiger charge is -2.37. The van der Waals surface area contributed by atoms with Crippen LogP contribution >= 0.6 is 11.8 Å². The molecule has 2 fully saturated rings. The van der Waals surface area contributed by atoms with Crippen LogP contribution in [0, 0.1) is 5.92 Å². The molecule has 21 heavy (non-hydrogen) atoms. The topological polar surface area (TPSA) is 6.48 Å². The minimum absolute atomic E-state index is 0.0439. The first-order chi connectivity index (χ1) is 10.0. The lowest BCUT2D eigenvalue weighted by atomic mass is 9.95. The summed E-state index contributed by atoms with van der Waals surface area (Å²) in [6.45, 7) is 3.40. The fourth-order valence-corrected chi connectivity index (χ4v) is 4.95. The SMILES string of the molecule is FC(F)(F)C1=C2C=CN([C@@H]3C[C@H]4CCN(C4)C3)C=C2SC1. The number of hydrogen-bond donors (Lipinski definition) is 0. The van der Waals surface area contributed by atoms with Gasteiger partial charge in [-0.05, 0) is 37.0 Å². The lowest BCUT2D eigenvalue weighted by molar-refractivity contribution is -0.0910. The second kappa shape index (κ2) is 4.81. The van der Waals surface area contributed by atoms with Crippen LogP contribution in [-0.4, -0.2) is 47.4 Å². The molecule has 4 aliphatic heterocycles. The van der Waals surface area contributed by atoms with Gasteiger partial charge in [0.2, 0.25) is 0 Å². The smallest absolute Gasteiger partial charge is 0.349 e. The van der Waals surface area contributed by atoms with Crippen LogP contribution in [0.25, 0.3) is 0 Å². The second-order valence-electron chi connectivity index (χ2n) is 6.24. The van der Waals surface area contributed by atoms with Crippen molar-refractivity contribution in [2.45, 2.75) is 25.1 Å². The van der Waals surface area contributed by atoms with Crippen LogP contribution in [0.15, 0.2) is 34.5 Å². The number of halogens is 3. The van der Waals surface area contributed by atoms with Crippen LogP contribution in [-0.2, 0) is 0 Å². The zero-order chi connectivity index (χ0) is 14.6. The molecule has 0 aliphatic carbocycles. The van der Waals surface area contributed by atoms with Gasteiger partial charge in [0.1, 0.15) is 0 Å². The Kier molecular flexibility index (Phi) is 3.15. The zero-order valence-electron chi connectivity index (χ0n) is 11.6. The molecule has 3 atom stereocenters. The van der Waals surface area contributed by atoms with Crippen LogP contribution < -0.4 is 0 Å². The van der Waals surface area contributed by atoms with Crippen LogP contribution in [0.2, 0.25) is 0 Å². The summed E-state index contributed by atoms with van der Waals surface area (Å²) < 4.78 is 38.8. The van der Waals surface area contributed by atoms with Gasteiger partial charge in [0, 0.05) is 42.2 Å². The van der Waals surface area contributed by atoms with E-state index < -0.39 is 6.18 Å². The van der Waals surface area contributed by atoms with Crippen LogP contribution in [0.4, 0.5) is 13.2 Å². The Labute approximate surface area is 126 Å². The highest BCUT2D eigenvalue weighted by Crippen LogP contribution is 2.46. The first kappa shape index (κ1) is 13.8. The molecule has 4 aliphatic rings. The summed E-state index contributed by atoms with van der Waals surface area (Å²) in [6.07, 6.45) is 3.63. The Balaban J connectivity index is 1.56. The Morgan fingerprint density at radius 3 is 2.86 bits per heavy atom. The zero-order valence-corrected chi connectivity index (χ0v) is 12.4. The highest BCUT2D eigenvalue weighted by molar-refractivity contribution is 8.03. The molecule has 0 aromatic rings. The first-order valence-corrected chi connectivity index (χ1v) is 8.32. The van der Waals surface area contributed by atoms with Gasteiger partial charge >= 0.3 is 6.18 Å². The molecule has 2 nitrogen and oxygen atoms in total. The number of hydrogen-bond acceptors (Lipinski definition) is 3. The predicted octanol–water partition coefficient (Wildman–Crippen LogP) is 3.36. The van der Waals surface area contributed by atoms with E-state index in [-0.39, 0.29) is 11.3 Å². The van der Waals surface area contributed by atoms with Gasteiger partial charge in [-0.25, -0.2) is 0 Å². The number of thioether (sulfide) groups is 1. The fourth-order valence-electron chi connectivity index (χ4n) is 3.79. The minimum Gasteiger partial charge on any atom is -0.349 e. The largest absolute Gasteiger partial charge is 0.414 e. The molecule has 2 saturated heterocycles. The summed E-state index contributed by atoms with van der Waals surface area (Å²) >= 11 is 1.31. The van der Waals surface area contributed by atoms with Crippen molar-refractivity contribution in [2.75, 3.05) is 25.4 Å². The number of rotatable bonds is 1. The number of allylic oxidation sites excluding steroid dienone is 2. The molecule has 6 heteroatoms. The molecule has 0 N–H and O–H groups in total. The fraction of sp³-hybridized carbons (Fsp3) is 0.600. The average molecular weight is 314 g/mol. The molecule has 114 valence electrons. The van der Waals surface area contributed by atoms with Crippen LogP contribution in [0.1, 0.15) is 12.8 Å². The Morgan fingerprint density at radius 2 is 2.10 bits per heavy atom. The number of piperidine rings is 1. The summed E-state index contributed by atoms with van der Waals surface area (Å²) in [6, 6.07) is 0.409. The summed E-state index contributed by atoms with van der Waals surface area (Å²) in [5, 5.41) is 0. The summed E-state index contributed by atoms with van der Waals surface area (Å²) in [5.74, 6) is 0.803. The molecule has 4 rings (SSSR count). The van der Waals surface area contributed by atoms with E-state index >= 15 is 0 Å². The van der Waals surface area contributed by atoms with Crippen molar-refractivity contribution in [2.24, 2.45) is 5.92 Å². The quantitative estimate of drug-likeness (QED) is 0.733. The summed E-state index contributed by atoms with van der Waals surface area (Å²) in [7, 11) is 0. The van der Waals surface area contributed by atoms with E-state index in [1.54, 1.807) is 6.08 Å². The Morgan fingerprint density at radius 1 is 1.24 bits per heavy atom.